The summed E-state index contributed by atoms with van der Waals surface area (Å²) in [7, 11) is 0. The molecule has 0 aromatic carbocycles. The number of carboxylic acids is 1. The van der Waals surface area contributed by atoms with E-state index in [0.29, 0.717) is 13.0 Å². The van der Waals surface area contributed by atoms with E-state index in [0.717, 1.165) is 6.42 Å². The lowest BCUT2D eigenvalue weighted by molar-refractivity contribution is -0.144. The minimum atomic E-state index is -1.26. The highest BCUT2D eigenvalue weighted by atomic mass is 16.5. The molecule has 6 nitrogen and oxygen atoms in total. The Kier molecular flexibility index (Phi) is 2.77. The summed E-state index contributed by atoms with van der Waals surface area (Å²) < 4.78 is 5.06. The van der Waals surface area contributed by atoms with E-state index in [1.54, 1.807) is 0 Å². The molecule has 1 saturated heterocycles. The molecule has 6 heteroatoms. The lowest BCUT2D eigenvalue weighted by atomic mass is 9.99. The fraction of sp³-hybridized carbons (Fsp3) is 0.818. The van der Waals surface area contributed by atoms with Gasteiger partial charge in [0.15, 0.2) is 5.54 Å². The van der Waals surface area contributed by atoms with Gasteiger partial charge in [-0.15, -0.1) is 0 Å². The maximum absolute atomic E-state index is 11.7. The highest BCUT2D eigenvalue weighted by molar-refractivity contribution is 5.87. The summed E-state index contributed by atoms with van der Waals surface area (Å²) >= 11 is 0. The van der Waals surface area contributed by atoms with E-state index in [1.807, 2.05) is 0 Å². The van der Waals surface area contributed by atoms with Gasteiger partial charge in [0.2, 0.25) is 0 Å². The average molecular weight is 242 g/mol. The van der Waals surface area contributed by atoms with Gasteiger partial charge in [-0.25, -0.2) is 9.59 Å². The minimum absolute atomic E-state index is 0.0316. The normalized spacial score (nSPS) is 34.1. The molecule has 17 heavy (non-hydrogen) atoms. The van der Waals surface area contributed by atoms with Gasteiger partial charge in [0.25, 0.3) is 0 Å². The maximum Gasteiger partial charge on any atom is 0.332 e. The molecule has 96 valence electrons. The summed E-state index contributed by atoms with van der Waals surface area (Å²) in [6.07, 6.45) is 1.24. The fourth-order valence-corrected chi connectivity index (χ4v) is 2.01. The van der Waals surface area contributed by atoms with Crippen LogP contribution in [-0.4, -0.2) is 41.9 Å². The second-order valence-corrected chi connectivity index (χ2v) is 5.53. The van der Waals surface area contributed by atoms with Crippen molar-refractivity contribution >= 4 is 12.0 Å². The summed E-state index contributed by atoms with van der Waals surface area (Å²) in [6, 6.07) is -0.288. The third kappa shape index (κ3) is 2.36. The van der Waals surface area contributed by atoms with Crippen molar-refractivity contribution in [3.05, 3.63) is 0 Å². The highest BCUT2D eigenvalue weighted by Crippen LogP contribution is 2.44. The number of carboxylic acid groups (broad SMARTS) is 1. The molecule has 2 atom stereocenters. The molecule has 0 aromatic rings. The summed E-state index contributed by atoms with van der Waals surface area (Å²) in [4.78, 5) is 22.9. The molecule has 0 bridgehead atoms. The number of urea groups is 1. The fourth-order valence-electron chi connectivity index (χ4n) is 2.01. The van der Waals surface area contributed by atoms with E-state index in [-0.39, 0.29) is 18.1 Å². The topological polar surface area (TPSA) is 87.7 Å². The summed E-state index contributed by atoms with van der Waals surface area (Å²) in [5, 5.41) is 14.5. The molecule has 2 unspecified atom stereocenters. The first-order valence-corrected chi connectivity index (χ1v) is 5.76. The van der Waals surface area contributed by atoms with Crippen molar-refractivity contribution in [2.24, 2.45) is 5.41 Å². The van der Waals surface area contributed by atoms with Gasteiger partial charge >= 0.3 is 12.0 Å². The van der Waals surface area contributed by atoms with Crippen LogP contribution in [-0.2, 0) is 9.53 Å². The highest BCUT2D eigenvalue weighted by Gasteiger charge is 2.49. The molecule has 2 rings (SSSR count). The van der Waals surface area contributed by atoms with Crippen LogP contribution in [0.25, 0.3) is 0 Å². The van der Waals surface area contributed by atoms with E-state index in [1.165, 1.54) is 0 Å². The Labute approximate surface area is 99.7 Å². The second-order valence-electron chi connectivity index (χ2n) is 5.53. The van der Waals surface area contributed by atoms with E-state index >= 15 is 0 Å². The molecule has 1 aliphatic heterocycles. The number of carbonyl (C=O) groups is 2. The van der Waals surface area contributed by atoms with E-state index in [9.17, 15) is 9.59 Å². The quantitative estimate of drug-likeness (QED) is 0.665. The molecule has 0 aromatic heterocycles. The van der Waals surface area contributed by atoms with Crippen LogP contribution in [0.3, 0.4) is 0 Å². The van der Waals surface area contributed by atoms with Gasteiger partial charge in [-0.2, -0.15) is 0 Å². The van der Waals surface area contributed by atoms with Crippen LogP contribution in [0.1, 0.15) is 26.7 Å². The number of hydrogen-bond acceptors (Lipinski definition) is 3. The zero-order valence-electron chi connectivity index (χ0n) is 10.1. The molecular formula is C11H18N2O4. The molecule has 0 spiro atoms. The molecule has 3 N–H and O–H groups in total. The van der Waals surface area contributed by atoms with Crippen LogP contribution in [0, 0.1) is 5.41 Å². The molecule has 2 aliphatic rings. The number of aliphatic carboxylic acids is 1. The van der Waals surface area contributed by atoms with Gasteiger partial charge in [-0.1, -0.05) is 13.8 Å². The zero-order valence-corrected chi connectivity index (χ0v) is 10.1. The van der Waals surface area contributed by atoms with Gasteiger partial charge in [-0.05, 0) is 11.8 Å². The van der Waals surface area contributed by atoms with Crippen molar-refractivity contribution in [1.29, 1.82) is 0 Å². The van der Waals surface area contributed by atoms with Crippen molar-refractivity contribution in [3.63, 3.8) is 0 Å². The largest absolute Gasteiger partial charge is 0.479 e. The van der Waals surface area contributed by atoms with Crippen LogP contribution in [0.15, 0.2) is 0 Å². The molecular weight excluding hydrogens is 224 g/mol. The first-order chi connectivity index (χ1) is 7.86. The Hall–Kier alpha value is -1.30. The summed E-state index contributed by atoms with van der Waals surface area (Å²) in [5.41, 5.74) is -1.14. The van der Waals surface area contributed by atoms with Crippen molar-refractivity contribution < 1.29 is 19.4 Å². The van der Waals surface area contributed by atoms with Crippen LogP contribution in [0.4, 0.5) is 4.79 Å². The second kappa shape index (κ2) is 3.87. The summed E-state index contributed by atoms with van der Waals surface area (Å²) in [6.45, 7) is 4.51. The number of ether oxygens (including phenoxy) is 1. The predicted octanol–water partition coefficient (Wildman–Crippen LogP) is 0.328. The average Bonchev–Trinajstić information content (AvgIpc) is 2.65. The Morgan fingerprint density at radius 1 is 1.41 bits per heavy atom. The van der Waals surface area contributed by atoms with E-state index < -0.39 is 17.5 Å². The molecule has 2 fully saturated rings. The van der Waals surface area contributed by atoms with Gasteiger partial charge in [0, 0.05) is 19.1 Å². The molecule has 1 saturated carbocycles. The van der Waals surface area contributed by atoms with Crippen LogP contribution >= 0.6 is 0 Å². The number of amides is 2. The number of hydrogen-bond donors (Lipinski definition) is 3. The van der Waals surface area contributed by atoms with Crippen LogP contribution < -0.4 is 10.6 Å². The minimum Gasteiger partial charge on any atom is -0.479 e. The van der Waals surface area contributed by atoms with E-state index in [2.05, 4.69) is 24.5 Å². The monoisotopic (exact) mass is 242 g/mol. The van der Waals surface area contributed by atoms with E-state index in [4.69, 9.17) is 9.84 Å². The Morgan fingerprint density at radius 2 is 2.06 bits per heavy atom. The van der Waals surface area contributed by atoms with Crippen molar-refractivity contribution in [2.45, 2.75) is 38.3 Å². The van der Waals surface area contributed by atoms with Gasteiger partial charge in [0.1, 0.15) is 0 Å². The third-order valence-corrected chi connectivity index (χ3v) is 3.60. The van der Waals surface area contributed by atoms with Crippen LogP contribution in [0.2, 0.25) is 0 Å². The first kappa shape index (κ1) is 12.2. The number of rotatable bonds is 3. The van der Waals surface area contributed by atoms with Crippen molar-refractivity contribution in [2.75, 3.05) is 13.2 Å². The predicted molar refractivity (Wildman–Crippen MR) is 59.7 cm³/mol. The van der Waals surface area contributed by atoms with Gasteiger partial charge < -0.3 is 20.5 Å². The standard InChI is InChI=1S/C11H18N2O4/c1-10(2)5-7(10)12-9(16)13-11(8(14)15)3-4-17-6-11/h7H,3-6H2,1-2H3,(H,14,15)(H2,12,13,16). The lowest BCUT2D eigenvalue weighted by Gasteiger charge is -2.24. The Morgan fingerprint density at radius 3 is 2.47 bits per heavy atom. The lowest BCUT2D eigenvalue weighted by Crippen LogP contribution is -2.58. The van der Waals surface area contributed by atoms with Gasteiger partial charge in [-0.3, -0.25) is 0 Å². The zero-order chi connectivity index (χ0) is 12.7. The first-order valence-electron chi connectivity index (χ1n) is 5.76. The molecule has 2 amide bonds. The van der Waals surface area contributed by atoms with Crippen LogP contribution in [0.5, 0.6) is 0 Å². The number of carbonyl (C=O) groups excluding carboxylic acids is 1. The van der Waals surface area contributed by atoms with Crippen molar-refractivity contribution in [1.82, 2.24) is 10.6 Å². The number of nitrogens with one attached hydrogen (secondary N) is 2. The Bertz CT molecular complexity index is 347. The van der Waals surface area contributed by atoms with Crippen molar-refractivity contribution in [3.8, 4) is 0 Å². The molecule has 1 heterocycles. The molecule has 1 aliphatic carbocycles. The SMILES string of the molecule is CC1(C)CC1NC(=O)NC1(C(=O)O)CCOC1. The summed E-state index contributed by atoms with van der Waals surface area (Å²) in [5.74, 6) is -1.04. The molecule has 0 radical (unpaired) electrons. The van der Waals surface area contributed by atoms with Gasteiger partial charge in [0.05, 0.1) is 6.61 Å². The third-order valence-electron chi connectivity index (χ3n) is 3.60. The Balaban J connectivity index is 1.91. The maximum atomic E-state index is 11.7. The smallest absolute Gasteiger partial charge is 0.332 e.